The monoisotopic (exact) mass is 585 g/mol. The third-order valence-corrected chi connectivity index (χ3v) is 7.72. The Labute approximate surface area is 231 Å². The van der Waals surface area contributed by atoms with Crippen molar-refractivity contribution in [3.63, 3.8) is 0 Å². The summed E-state index contributed by atoms with van der Waals surface area (Å²) in [5.41, 5.74) is 3.38. The number of Topliss-reactive ketones (excluding diaryl/α,β-unsaturated/α-hetero) is 1. The van der Waals surface area contributed by atoms with Crippen LogP contribution in [0.2, 0.25) is 0 Å². The maximum atomic E-state index is 13.9. The number of rotatable bonds is 8. The maximum Gasteiger partial charge on any atom is 0.336 e. The lowest BCUT2D eigenvalue weighted by Crippen LogP contribution is -2.41. The summed E-state index contributed by atoms with van der Waals surface area (Å²) in [5.74, 6) is 0.567. The highest BCUT2D eigenvalue weighted by Crippen LogP contribution is 2.49. The number of nitrogens with zero attached hydrogens (tertiary/aromatic N) is 1. The second-order valence-corrected chi connectivity index (χ2v) is 10.1. The van der Waals surface area contributed by atoms with Crippen molar-refractivity contribution in [3.8, 4) is 23.0 Å². The summed E-state index contributed by atoms with van der Waals surface area (Å²) in [7, 11) is 6.08. The number of ketones is 1. The number of benzene rings is 2. The Morgan fingerprint density at radius 2 is 1.66 bits per heavy atom. The van der Waals surface area contributed by atoms with Crippen molar-refractivity contribution in [2.24, 2.45) is 10.9 Å². The molecule has 8 nitrogen and oxygen atoms in total. The zero-order chi connectivity index (χ0) is 27.6. The van der Waals surface area contributed by atoms with E-state index in [1.165, 1.54) is 7.11 Å². The van der Waals surface area contributed by atoms with Gasteiger partial charge in [0.1, 0.15) is 5.78 Å². The normalized spacial score (nSPS) is 20.9. The summed E-state index contributed by atoms with van der Waals surface area (Å²) in [6.45, 7) is 4.10. The summed E-state index contributed by atoms with van der Waals surface area (Å²) in [6, 6.07) is 9.43. The van der Waals surface area contributed by atoms with Crippen LogP contribution in [0, 0.1) is 5.92 Å². The molecule has 1 aliphatic heterocycles. The van der Waals surface area contributed by atoms with Gasteiger partial charge in [-0.15, -0.1) is 0 Å². The van der Waals surface area contributed by atoms with Crippen LogP contribution in [0.25, 0.3) is 0 Å². The van der Waals surface area contributed by atoms with Crippen molar-refractivity contribution in [3.05, 3.63) is 57.2 Å². The van der Waals surface area contributed by atoms with Gasteiger partial charge in [0.05, 0.1) is 51.0 Å². The number of halogens is 1. The lowest BCUT2D eigenvalue weighted by molar-refractivity contribution is -0.136. The van der Waals surface area contributed by atoms with E-state index in [-0.39, 0.29) is 11.7 Å². The fraction of sp³-hybridized carbons (Fsp3) is 0.414. The van der Waals surface area contributed by atoms with Crippen LogP contribution >= 0.6 is 15.9 Å². The molecule has 1 fully saturated rings. The van der Waals surface area contributed by atoms with E-state index in [2.05, 4.69) is 15.9 Å². The lowest BCUT2D eigenvalue weighted by atomic mass is 9.66. The molecule has 0 N–H and O–H groups in total. The van der Waals surface area contributed by atoms with Crippen molar-refractivity contribution in [2.45, 2.75) is 38.5 Å². The van der Waals surface area contributed by atoms with Gasteiger partial charge in [-0.05, 0) is 77.5 Å². The molecule has 2 aromatic rings. The fourth-order valence-corrected chi connectivity index (χ4v) is 6.10. The highest BCUT2D eigenvalue weighted by molar-refractivity contribution is 9.10. The molecule has 2 aliphatic rings. The Bertz CT molecular complexity index is 1320. The molecule has 9 heteroatoms. The minimum absolute atomic E-state index is 0.0126. The van der Waals surface area contributed by atoms with E-state index in [1.54, 1.807) is 28.3 Å². The van der Waals surface area contributed by atoms with Crippen molar-refractivity contribution >= 4 is 33.4 Å². The molecule has 202 valence electrons. The lowest BCUT2D eigenvalue weighted by Gasteiger charge is -2.38. The van der Waals surface area contributed by atoms with E-state index in [0.717, 1.165) is 16.8 Å². The average Bonchev–Trinajstić information content (AvgIpc) is 2.91. The maximum absolute atomic E-state index is 13.9. The largest absolute Gasteiger partial charge is 0.493 e. The minimum Gasteiger partial charge on any atom is -0.493 e. The van der Waals surface area contributed by atoms with Crippen LogP contribution in [0.15, 0.2) is 51.1 Å². The van der Waals surface area contributed by atoms with Gasteiger partial charge in [0, 0.05) is 23.7 Å². The third-order valence-electron chi connectivity index (χ3n) is 7.13. The second-order valence-electron chi connectivity index (χ2n) is 9.20. The molecule has 0 aromatic heterocycles. The number of hydrogen-bond acceptors (Lipinski definition) is 8. The molecule has 0 radical (unpaired) electrons. The van der Waals surface area contributed by atoms with Gasteiger partial charge in [0.25, 0.3) is 0 Å². The van der Waals surface area contributed by atoms with Gasteiger partial charge < -0.3 is 23.7 Å². The van der Waals surface area contributed by atoms with E-state index in [0.29, 0.717) is 58.2 Å². The first-order chi connectivity index (χ1) is 18.3. The van der Waals surface area contributed by atoms with Crippen LogP contribution in [-0.4, -0.2) is 52.5 Å². The third kappa shape index (κ3) is 5.04. The Hall–Kier alpha value is -3.33. The highest BCUT2D eigenvalue weighted by atomic mass is 79.9. The van der Waals surface area contributed by atoms with Gasteiger partial charge in [-0.3, -0.25) is 9.79 Å². The number of aliphatic imine (C=N–C) groups is 1. The van der Waals surface area contributed by atoms with E-state index in [9.17, 15) is 9.59 Å². The van der Waals surface area contributed by atoms with Crippen LogP contribution in [0.5, 0.6) is 23.0 Å². The number of carbonyl (C=O) groups excluding carboxylic acids is 2. The summed E-state index contributed by atoms with van der Waals surface area (Å²) >= 11 is 3.58. The van der Waals surface area contributed by atoms with E-state index < -0.39 is 17.8 Å². The van der Waals surface area contributed by atoms with Gasteiger partial charge in [-0.25, -0.2) is 4.79 Å². The number of methoxy groups -OCH3 is 4. The smallest absolute Gasteiger partial charge is 0.336 e. The Balaban J connectivity index is 1.81. The van der Waals surface area contributed by atoms with E-state index >= 15 is 0 Å². The zero-order valence-electron chi connectivity index (χ0n) is 22.4. The summed E-state index contributed by atoms with van der Waals surface area (Å²) in [4.78, 5) is 31.7. The predicted octanol–water partition coefficient (Wildman–Crippen LogP) is 5.62. The molecule has 2 aromatic carbocycles. The highest BCUT2D eigenvalue weighted by Gasteiger charge is 2.46. The van der Waals surface area contributed by atoms with Crippen molar-refractivity contribution in [2.75, 3.05) is 35.0 Å². The SMILES string of the molecule is CCOc1cc([C@@H]2C(C(=O)OC)=C(C)N=C3C[C@H](c4ccc(OC)c(OC)c4)CC(=O)C32)cc(Br)c1OC. The summed E-state index contributed by atoms with van der Waals surface area (Å²) < 4.78 is 28.0. The van der Waals surface area contributed by atoms with Crippen molar-refractivity contribution in [1.29, 1.82) is 0 Å². The number of allylic oxidation sites excluding steroid dienone is 1. The summed E-state index contributed by atoms with van der Waals surface area (Å²) in [6.07, 6.45) is 0.878. The number of ether oxygens (including phenoxy) is 5. The number of hydrogen-bond donors (Lipinski definition) is 0. The summed E-state index contributed by atoms with van der Waals surface area (Å²) in [5, 5.41) is 0. The molecule has 1 unspecified atom stereocenters. The van der Waals surface area contributed by atoms with E-state index in [1.807, 2.05) is 37.3 Å². The molecule has 0 bridgehead atoms. The van der Waals surface area contributed by atoms with Crippen LogP contribution in [0.4, 0.5) is 0 Å². The molecular formula is C29H32BrNO7. The molecular weight excluding hydrogens is 554 g/mol. The predicted molar refractivity (Wildman–Crippen MR) is 147 cm³/mol. The minimum atomic E-state index is -0.598. The van der Waals surface area contributed by atoms with Gasteiger partial charge in [0.15, 0.2) is 23.0 Å². The van der Waals surface area contributed by atoms with Crippen molar-refractivity contribution < 1.29 is 33.3 Å². The topological polar surface area (TPSA) is 92.7 Å². The molecule has 0 saturated heterocycles. The molecule has 0 spiro atoms. The van der Waals surface area contributed by atoms with Gasteiger partial charge in [-0.2, -0.15) is 0 Å². The van der Waals surface area contributed by atoms with Crippen LogP contribution in [0.3, 0.4) is 0 Å². The van der Waals surface area contributed by atoms with Crippen LogP contribution < -0.4 is 18.9 Å². The standard InChI is InChI=1S/C29H32BrNO7/c1-7-38-24-14-18(10-19(30)28(24)36-5)26-25(29(33)37-6)15(2)31-20-11-17(12-21(32)27(20)26)16-8-9-22(34-3)23(13-16)35-4/h8-10,13-14,17,26-27H,7,11-12H2,1-6H3/t17-,26+,27?/m0/s1. The molecule has 1 saturated carbocycles. The average molecular weight is 586 g/mol. The van der Waals surface area contributed by atoms with Crippen LogP contribution in [0.1, 0.15) is 49.7 Å². The molecule has 1 heterocycles. The first kappa shape index (κ1) is 27.7. The zero-order valence-corrected chi connectivity index (χ0v) is 24.0. The van der Waals surface area contributed by atoms with Gasteiger partial charge in [-0.1, -0.05) is 6.07 Å². The number of fused-ring (bicyclic) bond motifs is 1. The second kappa shape index (κ2) is 11.6. The Morgan fingerprint density at radius 1 is 0.947 bits per heavy atom. The Morgan fingerprint density at radius 3 is 2.29 bits per heavy atom. The van der Waals surface area contributed by atoms with Crippen LogP contribution in [-0.2, 0) is 14.3 Å². The first-order valence-electron chi connectivity index (χ1n) is 12.4. The quantitative estimate of drug-likeness (QED) is 0.371. The molecule has 38 heavy (non-hydrogen) atoms. The van der Waals surface area contributed by atoms with Gasteiger partial charge >= 0.3 is 5.97 Å². The number of esters is 1. The first-order valence-corrected chi connectivity index (χ1v) is 13.2. The molecule has 4 rings (SSSR count). The van der Waals surface area contributed by atoms with Crippen molar-refractivity contribution in [1.82, 2.24) is 0 Å². The molecule has 3 atom stereocenters. The molecule has 1 aliphatic carbocycles. The fourth-order valence-electron chi connectivity index (χ4n) is 5.48. The number of carbonyl (C=O) groups is 2. The molecule has 0 amide bonds. The Kier molecular flexibility index (Phi) is 8.45. The van der Waals surface area contributed by atoms with E-state index in [4.69, 9.17) is 28.7 Å². The van der Waals surface area contributed by atoms with Gasteiger partial charge in [0.2, 0.25) is 0 Å².